The van der Waals surface area contributed by atoms with E-state index in [0.29, 0.717) is 12.1 Å². The predicted octanol–water partition coefficient (Wildman–Crippen LogP) is 3.18. The Morgan fingerprint density at radius 1 is 1.27 bits per heavy atom. The highest BCUT2D eigenvalue weighted by Crippen LogP contribution is 2.24. The Morgan fingerprint density at radius 3 is 2.82 bits per heavy atom. The Morgan fingerprint density at radius 2 is 2.09 bits per heavy atom. The van der Waals surface area contributed by atoms with Crippen LogP contribution in [0.15, 0.2) is 30.3 Å². The van der Waals surface area contributed by atoms with Gasteiger partial charge in [0.05, 0.1) is 11.7 Å². The number of aromatic nitrogens is 2. The fraction of sp³-hybridized carbons (Fsp3) is 0.267. The molecule has 0 unspecified atom stereocenters. The van der Waals surface area contributed by atoms with Gasteiger partial charge in [0.25, 0.3) is 5.91 Å². The number of aryl methyl sites for hydroxylation is 1. The van der Waals surface area contributed by atoms with Crippen LogP contribution in [0.4, 0.5) is 0 Å². The van der Waals surface area contributed by atoms with E-state index in [1.54, 1.807) is 30.6 Å². The number of rotatable bonds is 5. The van der Waals surface area contributed by atoms with Crippen molar-refractivity contribution in [2.75, 3.05) is 13.7 Å². The second kappa shape index (κ2) is 6.51. The first-order valence-corrected chi connectivity index (χ1v) is 8.31. The van der Waals surface area contributed by atoms with Crippen LogP contribution in [0.25, 0.3) is 11.0 Å². The van der Waals surface area contributed by atoms with Crippen LogP contribution in [-0.2, 0) is 4.74 Å². The van der Waals surface area contributed by atoms with Crippen molar-refractivity contribution in [2.45, 2.75) is 13.0 Å². The number of thiophene rings is 1. The van der Waals surface area contributed by atoms with Crippen molar-refractivity contribution in [1.82, 2.24) is 14.1 Å². The lowest BCUT2D eigenvalue weighted by Gasteiger charge is -2.14. The average Bonchev–Trinajstić information content (AvgIpc) is 3.15. The molecule has 22 heavy (non-hydrogen) atoms. The number of carbonyl (C=O) groups is 1. The Bertz CT molecular complexity index is 797. The lowest BCUT2D eigenvalue weighted by Crippen LogP contribution is -2.28. The fourth-order valence-corrected chi connectivity index (χ4v) is 3.61. The molecule has 2 aromatic heterocycles. The van der Waals surface area contributed by atoms with Gasteiger partial charge in [0, 0.05) is 29.0 Å². The maximum atomic E-state index is 12.3. The minimum Gasteiger partial charge on any atom is -0.374 e. The van der Waals surface area contributed by atoms with E-state index >= 15 is 0 Å². The summed E-state index contributed by atoms with van der Waals surface area (Å²) in [5.41, 5.74) is 2.14. The van der Waals surface area contributed by atoms with Gasteiger partial charge in [-0.05, 0) is 37.3 Å². The lowest BCUT2D eigenvalue weighted by molar-refractivity contribution is 0.0838. The van der Waals surface area contributed by atoms with Gasteiger partial charge in [-0.15, -0.1) is 11.3 Å². The molecule has 7 heteroatoms. The summed E-state index contributed by atoms with van der Waals surface area (Å²) in [4.78, 5) is 14.6. The topological polar surface area (TPSA) is 64.1 Å². The third-order valence-corrected chi connectivity index (χ3v) is 4.98. The molecule has 0 spiro atoms. The third-order valence-electron chi connectivity index (χ3n) is 3.33. The summed E-state index contributed by atoms with van der Waals surface area (Å²) in [5, 5.41) is 2.91. The Kier molecular flexibility index (Phi) is 4.47. The molecule has 0 aliphatic heterocycles. The molecule has 0 aliphatic rings. The molecule has 1 atom stereocenters. The van der Waals surface area contributed by atoms with Crippen molar-refractivity contribution in [1.29, 1.82) is 0 Å². The summed E-state index contributed by atoms with van der Waals surface area (Å²) in [7, 11) is 1.65. The van der Waals surface area contributed by atoms with E-state index in [0.717, 1.165) is 27.6 Å². The highest BCUT2D eigenvalue weighted by atomic mass is 32.1. The number of ether oxygens (including phenoxy) is 1. The first-order chi connectivity index (χ1) is 10.7. The first kappa shape index (κ1) is 15.1. The van der Waals surface area contributed by atoms with E-state index in [4.69, 9.17) is 4.74 Å². The highest BCUT2D eigenvalue weighted by molar-refractivity contribution is 7.12. The average molecular weight is 333 g/mol. The molecular weight excluding hydrogens is 318 g/mol. The van der Waals surface area contributed by atoms with E-state index in [2.05, 4.69) is 27.1 Å². The minimum atomic E-state index is -0.134. The zero-order valence-corrected chi connectivity index (χ0v) is 13.8. The maximum absolute atomic E-state index is 12.3. The van der Waals surface area contributed by atoms with Crippen molar-refractivity contribution in [3.05, 3.63) is 45.6 Å². The zero-order chi connectivity index (χ0) is 15.5. The molecule has 114 valence electrons. The highest BCUT2D eigenvalue weighted by Gasteiger charge is 2.15. The molecule has 0 saturated heterocycles. The number of nitrogens with zero attached hydrogens (tertiary/aromatic N) is 2. The summed E-state index contributed by atoms with van der Waals surface area (Å²) in [6.07, 6.45) is -0.132. The van der Waals surface area contributed by atoms with Gasteiger partial charge in [0.1, 0.15) is 17.1 Å². The van der Waals surface area contributed by atoms with E-state index in [-0.39, 0.29) is 12.0 Å². The van der Waals surface area contributed by atoms with Crippen LogP contribution >= 0.6 is 23.1 Å². The normalized spacial score (nSPS) is 12.5. The van der Waals surface area contributed by atoms with Crippen LogP contribution in [-0.4, -0.2) is 28.3 Å². The molecule has 1 N–H and O–H groups in total. The monoisotopic (exact) mass is 333 g/mol. The van der Waals surface area contributed by atoms with Crippen LogP contribution < -0.4 is 5.32 Å². The van der Waals surface area contributed by atoms with Gasteiger partial charge in [-0.2, -0.15) is 8.75 Å². The number of hydrogen-bond donors (Lipinski definition) is 1. The Labute approximate surface area is 136 Å². The van der Waals surface area contributed by atoms with E-state index in [1.165, 1.54) is 4.88 Å². The fourth-order valence-electron chi connectivity index (χ4n) is 2.14. The van der Waals surface area contributed by atoms with Gasteiger partial charge in [-0.1, -0.05) is 0 Å². The van der Waals surface area contributed by atoms with Crippen LogP contribution in [0.2, 0.25) is 0 Å². The molecule has 2 heterocycles. The number of benzene rings is 1. The molecule has 0 aliphatic carbocycles. The molecule has 0 radical (unpaired) electrons. The summed E-state index contributed by atoms with van der Waals surface area (Å²) in [6, 6.07) is 9.41. The lowest BCUT2D eigenvalue weighted by atomic mass is 10.2. The molecular formula is C15H15N3O2S2. The summed E-state index contributed by atoms with van der Waals surface area (Å²) in [6.45, 7) is 2.49. The largest absolute Gasteiger partial charge is 0.374 e. The number of fused-ring (bicyclic) bond motifs is 1. The molecule has 0 saturated carbocycles. The van der Waals surface area contributed by atoms with Gasteiger partial charge in [-0.25, -0.2) is 0 Å². The summed E-state index contributed by atoms with van der Waals surface area (Å²) >= 11 is 2.82. The number of hydrogen-bond acceptors (Lipinski definition) is 6. The molecule has 0 bridgehead atoms. The smallest absolute Gasteiger partial charge is 0.251 e. The van der Waals surface area contributed by atoms with Crippen molar-refractivity contribution >= 4 is 40.0 Å². The standard InChI is InChI=1S/C15H15N3O2S2/c1-9-3-6-14(21-9)13(20-2)8-16-15(19)10-4-5-11-12(7-10)18-22-17-11/h3-7,13H,8H2,1-2H3,(H,16,19)/t13-/m1/s1. The third kappa shape index (κ3) is 3.16. The molecule has 3 aromatic rings. The molecule has 1 amide bonds. The molecule has 0 fully saturated rings. The van der Waals surface area contributed by atoms with E-state index in [1.807, 2.05) is 12.1 Å². The molecule has 1 aromatic carbocycles. The number of amides is 1. The number of methoxy groups -OCH3 is 1. The molecule has 5 nitrogen and oxygen atoms in total. The maximum Gasteiger partial charge on any atom is 0.251 e. The van der Waals surface area contributed by atoms with Crippen LogP contribution in [0.1, 0.15) is 26.2 Å². The van der Waals surface area contributed by atoms with Crippen molar-refractivity contribution in [3.8, 4) is 0 Å². The number of nitrogens with one attached hydrogen (secondary N) is 1. The van der Waals surface area contributed by atoms with Gasteiger partial charge < -0.3 is 10.1 Å². The van der Waals surface area contributed by atoms with Gasteiger partial charge >= 0.3 is 0 Å². The summed E-state index contributed by atoms with van der Waals surface area (Å²) < 4.78 is 13.7. The van der Waals surface area contributed by atoms with Crippen molar-refractivity contribution < 1.29 is 9.53 Å². The predicted molar refractivity (Wildman–Crippen MR) is 88.6 cm³/mol. The van der Waals surface area contributed by atoms with E-state index < -0.39 is 0 Å². The van der Waals surface area contributed by atoms with Crippen molar-refractivity contribution in [2.24, 2.45) is 0 Å². The van der Waals surface area contributed by atoms with Gasteiger partial charge in [0.2, 0.25) is 0 Å². The first-order valence-electron chi connectivity index (χ1n) is 6.77. The van der Waals surface area contributed by atoms with Crippen molar-refractivity contribution in [3.63, 3.8) is 0 Å². The SMILES string of the molecule is CO[C@H](CNC(=O)c1ccc2nsnc2c1)c1ccc(C)s1. The molecule has 3 rings (SSSR count). The minimum absolute atomic E-state index is 0.132. The Balaban J connectivity index is 1.68. The summed E-state index contributed by atoms with van der Waals surface area (Å²) in [5.74, 6) is -0.134. The van der Waals surface area contributed by atoms with Crippen LogP contribution in [0.3, 0.4) is 0 Å². The van der Waals surface area contributed by atoms with Gasteiger partial charge in [-0.3, -0.25) is 4.79 Å². The Hall–Kier alpha value is -1.83. The van der Waals surface area contributed by atoms with Crippen LogP contribution in [0.5, 0.6) is 0 Å². The second-order valence-electron chi connectivity index (χ2n) is 4.85. The van der Waals surface area contributed by atoms with Gasteiger partial charge in [0.15, 0.2) is 0 Å². The zero-order valence-electron chi connectivity index (χ0n) is 12.2. The second-order valence-corrected chi connectivity index (χ2v) is 6.70. The van der Waals surface area contributed by atoms with Crippen LogP contribution in [0, 0.1) is 6.92 Å². The van der Waals surface area contributed by atoms with E-state index in [9.17, 15) is 4.79 Å². The quantitative estimate of drug-likeness (QED) is 0.779. The number of carbonyl (C=O) groups excluding carboxylic acids is 1.